The predicted octanol–water partition coefficient (Wildman–Crippen LogP) is 2.06. The molecule has 2 nitrogen and oxygen atoms in total. The van der Waals surface area contributed by atoms with Crippen molar-refractivity contribution in [3.63, 3.8) is 0 Å². The van der Waals surface area contributed by atoms with Crippen LogP contribution in [0.2, 0.25) is 0 Å². The van der Waals surface area contributed by atoms with E-state index >= 15 is 0 Å². The molecule has 0 saturated heterocycles. The Bertz CT molecular complexity index is 184. The molecule has 0 rings (SSSR count). The lowest BCUT2D eigenvalue weighted by atomic mass is 10.1. The van der Waals surface area contributed by atoms with Crippen molar-refractivity contribution < 1.29 is 22.7 Å². The first kappa shape index (κ1) is 11.0. The molecule has 0 aromatic rings. The van der Waals surface area contributed by atoms with Crippen LogP contribution in [0.25, 0.3) is 0 Å². The van der Waals surface area contributed by atoms with Gasteiger partial charge in [-0.1, -0.05) is 6.58 Å². The van der Waals surface area contributed by atoms with Gasteiger partial charge in [-0.3, -0.25) is 0 Å². The summed E-state index contributed by atoms with van der Waals surface area (Å²) in [6.45, 7) is 3.15. The molecule has 0 unspecified atom stereocenters. The maximum atomic E-state index is 11.6. The molecule has 0 amide bonds. The highest BCUT2D eigenvalue weighted by molar-refractivity contribution is 5.87. The lowest BCUT2D eigenvalue weighted by Crippen LogP contribution is -2.10. The van der Waals surface area contributed by atoms with Crippen LogP contribution in [0.15, 0.2) is 12.2 Å². The number of carbonyl (C=O) groups is 1. The molecule has 0 N–H and O–H groups in total. The smallest absolute Gasteiger partial charge is 0.389 e. The van der Waals surface area contributed by atoms with Gasteiger partial charge in [0.2, 0.25) is 0 Å². The molecule has 0 radical (unpaired) electrons. The van der Waals surface area contributed by atoms with E-state index < -0.39 is 25.0 Å². The van der Waals surface area contributed by atoms with Crippen molar-refractivity contribution >= 4 is 5.97 Å². The van der Waals surface area contributed by atoms with Gasteiger partial charge in [0.25, 0.3) is 0 Å². The molecule has 0 spiro atoms. The van der Waals surface area contributed by atoms with Crippen LogP contribution in [-0.4, -0.2) is 19.3 Å². The second kappa shape index (κ2) is 4.13. The third kappa shape index (κ3) is 4.76. The molecular weight excluding hydrogens is 173 g/mol. The summed E-state index contributed by atoms with van der Waals surface area (Å²) in [4.78, 5) is 10.5. The molecule has 0 atom stereocenters. The quantitative estimate of drug-likeness (QED) is 0.493. The average Bonchev–Trinajstić information content (AvgIpc) is 1.97. The van der Waals surface area contributed by atoms with Crippen molar-refractivity contribution in [3.8, 4) is 0 Å². The topological polar surface area (TPSA) is 26.3 Å². The van der Waals surface area contributed by atoms with Crippen LogP contribution in [-0.2, 0) is 9.53 Å². The highest BCUT2D eigenvalue weighted by atomic mass is 19.4. The second-order valence-corrected chi connectivity index (χ2v) is 2.21. The standard InChI is InChI=1S/C7H9F3O2/c1-5(6(11)12-2)3-4-7(8,9)10/h1,3-4H2,2H3. The predicted molar refractivity (Wildman–Crippen MR) is 36.4 cm³/mol. The summed E-state index contributed by atoms with van der Waals surface area (Å²) < 4.78 is 38.9. The fraction of sp³-hybridized carbons (Fsp3) is 0.571. The van der Waals surface area contributed by atoms with Crippen molar-refractivity contribution in [2.75, 3.05) is 7.11 Å². The first-order valence-corrected chi connectivity index (χ1v) is 3.19. The van der Waals surface area contributed by atoms with E-state index in [4.69, 9.17) is 0 Å². The molecule has 0 saturated carbocycles. The Balaban J connectivity index is 3.80. The van der Waals surface area contributed by atoms with Gasteiger partial charge >= 0.3 is 12.1 Å². The minimum absolute atomic E-state index is 0.158. The van der Waals surface area contributed by atoms with Crippen LogP contribution in [0.3, 0.4) is 0 Å². The third-order valence-corrected chi connectivity index (χ3v) is 1.18. The van der Waals surface area contributed by atoms with Gasteiger partial charge in [0, 0.05) is 12.0 Å². The number of methoxy groups -OCH3 is 1. The summed E-state index contributed by atoms with van der Waals surface area (Å²) >= 11 is 0. The molecule has 0 aliphatic rings. The van der Waals surface area contributed by atoms with E-state index in [-0.39, 0.29) is 5.57 Å². The summed E-state index contributed by atoms with van der Waals surface area (Å²) in [6, 6.07) is 0. The van der Waals surface area contributed by atoms with Gasteiger partial charge in [-0.05, 0) is 6.42 Å². The Morgan fingerprint density at radius 2 is 2.00 bits per heavy atom. The molecule has 5 heteroatoms. The van der Waals surface area contributed by atoms with Gasteiger partial charge in [0.1, 0.15) is 0 Å². The van der Waals surface area contributed by atoms with Crippen LogP contribution in [0, 0.1) is 0 Å². The van der Waals surface area contributed by atoms with E-state index in [0.717, 1.165) is 7.11 Å². The van der Waals surface area contributed by atoms with Crippen molar-refractivity contribution in [2.24, 2.45) is 0 Å². The minimum Gasteiger partial charge on any atom is -0.466 e. The van der Waals surface area contributed by atoms with E-state index in [1.807, 2.05) is 0 Å². The zero-order valence-corrected chi connectivity index (χ0v) is 6.57. The van der Waals surface area contributed by atoms with Crippen LogP contribution in [0.5, 0.6) is 0 Å². The van der Waals surface area contributed by atoms with E-state index in [1.54, 1.807) is 0 Å². The molecule has 0 fully saturated rings. The second-order valence-electron chi connectivity index (χ2n) is 2.21. The van der Waals surface area contributed by atoms with Crippen molar-refractivity contribution in [1.29, 1.82) is 0 Å². The summed E-state index contributed by atoms with van der Waals surface area (Å²) in [6.07, 6.45) is -5.70. The number of halogens is 3. The number of hydrogen-bond donors (Lipinski definition) is 0. The maximum Gasteiger partial charge on any atom is 0.389 e. The van der Waals surface area contributed by atoms with Gasteiger partial charge in [0.05, 0.1) is 7.11 Å². The Hall–Kier alpha value is -1.00. The fourth-order valence-electron chi connectivity index (χ4n) is 0.539. The molecular formula is C7H9F3O2. The lowest BCUT2D eigenvalue weighted by molar-refractivity contribution is -0.139. The Morgan fingerprint density at radius 3 is 2.33 bits per heavy atom. The largest absolute Gasteiger partial charge is 0.466 e. The average molecular weight is 182 g/mol. The van der Waals surface area contributed by atoms with Gasteiger partial charge in [0.15, 0.2) is 0 Å². The number of alkyl halides is 3. The minimum atomic E-state index is -4.25. The first-order valence-electron chi connectivity index (χ1n) is 3.19. The van der Waals surface area contributed by atoms with Gasteiger partial charge in [-0.2, -0.15) is 13.2 Å². The van der Waals surface area contributed by atoms with Gasteiger partial charge in [-0.25, -0.2) is 4.79 Å². The number of hydrogen-bond acceptors (Lipinski definition) is 2. The van der Waals surface area contributed by atoms with E-state index in [9.17, 15) is 18.0 Å². The van der Waals surface area contributed by atoms with Crippen molar-refractivity contribution in [1.82, 2.24) is 0 Å². The lowest BCUT2D eigenvalue weighted by Gasteiger charge is -2.06. The van der Waals surface area contributed by atoms with Gasteiger partial charge in [-0.15, -0.1) is 0 Å². The zero-order valence-electron chi connectivity index (χ0n) is 6.57. The molecule has 0 aliphatic carbocycles. The first-order chi connectivity index (χ1) is 5.37. The number of carbonyl (C=O) groups excluding carboxylic acids is 1. The zero-order chi connectivity index (χ0) is 9.78. The Kier molecular flexibility index (Phi) is 3.79. The van der Waals surface area contributed by atoms with E-state index in [2.05, 4.69) is 11.3 Å². The van der Waals surface area contributed by atoms with Crippen molar-refractivity contribution in [3.05, 3.63) is 12.2 Å². The van der Waals surface area contributed by atoms with Crippen LogP contribution in [0.4, 0.5) is 13.2 Å². The number of esters is 1. The van der Waals surface area contributed by atoms with Crippen LogP contribution < -0.4 is 0 Å². The highest BCUT2D eigenvalue weighted by Gasteiger charge is 2.27. The molecule has 0 bridgehead atoms. The summed E-state index contributed by atoms with van der Waals surface area (Å²) in [5.74, 6) is -0.792. The van der Waals surface area contributed by atoms with Crippen LogP contribution in [0.1, 0.15) is 12.8 Å². The highest BCUT2D eigenvalue weighted by Crippen LogP contribution is 2.23. The monoisotopic (exact) mass is 182 g/mol. The molecule has 0 aromatic carbocycles. The summed E-state index contributed by atoms with van der Waals surface area (Å²) in [7, 11) is 1.10. The van der Waals surface area contributed by atoms with E-state index in [1.165, 1.54) is 0 Å². The summed E-state index contributed by atoms with van der Waals surface area (Å²) in [5, 5.41) is 0. The van der Waals surface area contributed by atoms with Crippen molar-refractivity contribution in [2.45, 2.75) is 19.0 Å². The Morgan fingerprint density at radius 1 is 1.50 bits per heavy atom. The summed E-state index contributed by atoms with van der Waals surface area (Å²) in [5.41, 5.74) is -0.158. The van der Waals surface area contributed by atoms with E-state index in [0.29, 0.717) is 0 Å². The Labute approximate surface area is 68.0 Å². The normalized spacial score (nSPS) is 11.0. The molecule has 12 heavy (non-hydrogen) atoms. The molecule has 70 valence electrons. The third-order valence-electron chi connectivity index (χ3n) is 1.18. The maximum absolute atomic E-state index is 11.6. The fourth-order valence-corrected chi connectivity index (χ4v) is 0.539. The number of ether oxygens (including phenoxy) is 1. The van der Waals surface area contributed by atoms with Gasteiger partial charge < -0.3 is 4.74 Å². The SMILES string of the molecule is C=C(CCC(F)(F)F)C(=O)OC. The van der Waals surface area contributed by atoms with Crippen LogP contribution >= 0.6 is 0 Å². The molecule has 0 aromatic heterocycles. The molecule has 0 heterocycles. The molecule has 0 aliphatic heterocycles. The number of rotatable bonds is 3.